The van der Waals surface area contributed by atoms with Gasteiger partial charge >= 0.3 is 0 Å². The molecule has 2 aromatic carbocycles. The lowest BCUT2D eigenvalue weighted by atomic mass is 9.74. The van der Waals surface area contributed by atoms with Crippen LogP contribution >= 0.6 is 11.6 Å². The number of rotatable bonds is 6. The highest BCUT2D eigenvalue weighted by Gasteiger charge is 2.36. The summed E-state index contributed by atoms with van der Waals surface area (Å²) in [4.78, 5) is 12.5. The van der Waals surface area contributed by atoms with Crippen molar-refractivity contribution in [1.82, 2.24) is 5.32 Å². The quantitative estimate of drug-likeness (QED) is 0.819. The summed E-state index contributed by atoms with van der Waals surface area (Å²) in [5.41, 5.74) is 8.03. The van der Waals surface area contributed by atoms with Gasteiger partial charge in [0, 0.05) is 30.2 Å². The van der Waals surface area contributed by atoms with Crippen molar-refractivity contribution in [3.05, 3.63) is 70.7 Å². The molecule has 26 heavy (non-hydrogen) atoms. The summed E-state index contributed by atoms with van der Waals surface area (Å²) in [6.07, 6.45) is 2.17. The molecule has 0 bridgehead atoms. The predicted octanol–water partition coefficient (Wildman–Crippen LogP) is 3.07. The molecule has 1 aliphatic rings. The fraction of sp³-hybridized carbons (Fsp3) is 0.381. The van der Waals surface area contributed by atoms with Crippen molar-refractivity contribution >= 4 is 17.5 Å². The van der Waals surface area contributed by atoms with Crippen molar-refractivity contribution in [2.75, 3.05) is 19.8 Å². The zero-order valence-electron chi connectivity index (χ0n) is 14.8. The van der Waals surface area contributed by atoms with E-state index in [9.17, 15) is 4.79 Å². The number of carbonyl (C=O) groups is 1. The third-order valence-corrected chi connectivity index (χ3v) is 5.46. The third kappa shape index (κ3) is 4.44. The van der Waals surface area contributed by atoms with Crippen LogP contribution in [-0.4, -0.2) is 31.7 Å². The molecule has 0 aromatic heterocycles. The van der Waals surface area contributed by atoms with Crippen molar-refractivity contribution in [3.63, 3.8) is 0 Å². The summed E-state index contributed by atoms with van der Waals surface area (Å²) in [5, 5.41) is 3.79. The largest absolute Gasteiger partial charge is 0.381 e. The molecule has 1 atom stereocenters. The average molecular weight is 373 g/mol. The van der Waals surface area contributed by atoms with E-state index in [0.29, 0.717) is 26.2 Å². The highest BCUT2D eigenvalue weighted by atomic mass is 35.5. The van der Waals surface area contributed by atoms with Crippen LogP contribution in [-0.2, 0) is 21.4 Å². The van der Waals surface area contributed by atoms with E-state index in [4.69, 9.17) is 22.1 Å². The van der Waals surface area contributed by atoms with Gasteiger partial charge in [0.05, 0.1) is 6.04 Å². The molecule has 4 nitrogen and oxygen atoms in total. The van der Waals surface area contributed by atoms with Crippen molar-refractivity contribution in [3.8, 4) is 0 Å². The summed E-state index contributed by atoms with van der Waals surface area (Å²) < 4.78 is 5.54. The first kappa shape index (κ1) is 18.9. The minimum absolute atomic E-state index is 0.133. The third-order valence-electron chi connectivity index (χ3n) is 5.13. The van der Waals surface area contributed by atoms with Gasteiger partial charge in [0.25, 0.3) is 0 Å². The van der Waals surface area contributed by atoms with Crippen LogP contribution in [0.1, 0.15) is 24.0 Å². The first-order valence-electron chi connectivity index (χ1n) is 9.01. The lowest BCUT2D eigenvalue weighted by molar-refractivity contribution is -0.122. The second-order valence-electron chi connectivity index (χ2n) is 6.89. The van der Waals surface area contributed by atoms with E-state index in [1.54, 1.807) is 0 Å². The van der Waals surface area contributed by atoms with Crippen molar-refractivity contribution in [2.45, 2.75) is 30.7 Å². The van der Waals surface area contributed by atoms with Gasteiger partial charge in [-0.25, -0.2) is 0 Å². The molecule has 0 saturated carbocycles. The first-order valence-corrected chi connectivity index (χ1v) is 9.38. The topological polar surface area (TPSA) is 64.4 Å². The molecule has 5 heteroatoms. The maximum Gasteiger partial charge on any atom is 0.237 e. The molecular formula is C21H25ClN2O2. The molecule has 1 amide bonds. The van der Waals surface area contributed by atoms with Crippen LogP contribution in [0.25, 0.3) is 0 Å². The van der Waals surface area contributed by atoms with Gasteiger partial charge in [0.1, 0.15) is 0 Å². The fourth-order valence-corrected chi connectivity index (χ4v) is 3.88. The number of ether oxygens (including phenoxy) is 1. The molecule has 0 spiro atoms. The van der Waals surface area contributed by atoms with Crippen LogP contribution in [0.15, 0.2) is 54.6 Å². The van der Waals surface area contributed by atoms with Crippen LogP contribution in [0.4, 0.5) is 0 Å². The van der Waals surface area contributed by atoms with Gasteiger partial charge < -0.3 is 15.8 Å². The van der Waals surface area contributed by atoms with Gasteiger partial charge in [-0.05, 0) is 36.5 Å². The minimum Gasteiger partial charge on any atom is -0.381 e. The Morgan fingerprint density at radius 3 is 2.46 bits per heavy atom. The Kier molecular flexibility index (Phi) is 6.30. The molecule has 1 aliphatic heterocycles. The number of carbonyl (C=O) groups excluding carboxylic acids is 1. The summed E-state index contributed by atoms with van der Waals surface area (Å²) in [5.74, 6) is -0.133. The number of hydrogen-bond donors (Lipinski definition) is 2. The second kappa shape index (κ2) is 8.67. The van der Waals surface area contributed by atoms with E-state index in [0.717, 1.165) is 29.0 Å². The Hall–Kier alpha value is -1.88. The van der Waals surface area contributed by atoms with Gasteiger partial charge in [0.2, 0.25) is 5.91 Å². The molecule has 0 aliphatic carbocycles. The highest BCUT2D eigenvalue weighted by Crippen LogP contribution is 2.38. The van der Waals surface area contributed by atoms with Gasteiger partial charge in [-0.15, -0.1) is 0 Å². The zero-order valence-corrected chi connectivity index (χ0v) is 15.5. The number of amides is 1. The molecule has 3 N–H and O–H groups in total. The molecule has 1 heterocycles. The smallest absolute Gasteiger partial charge is 0.237 e. The number of hydrogen-bond acceptors (Lipinski definition) is 3. The predicted molar refractivity (Wildman–Crippen MR) is 104 cm³/mol. The van der Waals surface area contributed by atoms with E-state index in [1.807, 2.05) is 54.6 Å². The highest BCUT2D eigenvalue weighted by molar-refractivity contribution is 6.31. The van der Waals surface area contributed by atoms with Gasteiger partial charge in [-0.1, -0.05) is 60.1 Å². The Morgan fingerprint density at radius 1 is 1.12 bits per heavy atom. The summed E-state index contributed by atoms with van der Waals surface area (Å²) >= 11 is 6.45. The monoisotopic (exact) mass is 372 g/mol. The fourth-order valence-electron chi connectivity index (χ4n) is 3.54. The number of nitrogens with one attached hydrogen (secondary N) is 1. The normalized spacial score (nSPS) is 17.5. The van der Waals surface area contributed by atoms with Crippen molar-refractivity contribution in [1.29, 1.82) is 0 Å². The van der Waals surface area contributed by atoms with Crippen LogP contribution in [0.5, 0.6) is 0 Å². The van der Waals surface area contributed by atoms with Gasteiger partial charge in [0.15, 0.2) is 0 Å². The SMILES string of the molecule is N[C@@H](Cc1ccccc1)C(=O)NCC1(c2ccccc2Cl)CCOCC1. The molecule has 1 saturated heterocycles. The number of nitrogens with two attached hydrogens (primary N) is 1. The second-order valence-corrected chi connectivity index (χ2v) is 7.29. The van der Waals surface area contributed by atoms with E-state index in [2.05, 4.69) is 5.32 Å². The van der Waals surface area contributed by atoms with Gasteiger partial charge in [-0.2, -0.15) is 0 Å². The summed E-state index contributed by atoms with van der Waals surface area (Å²) in [6, 6.07) is 17.1. The maximum atomic E-state index is 12.5. The van der Waals surface area contributed by atoms with E-state index >= 15 is 0 Å². The lowest BCUT2D eigenvalue weighted by Crippen LogP contribution is -2.49. The molecule has 1 fully saturated rings. The molecule has 3 rings (SSSR count). The molecule has 0 radical (unpaired) electrons. The maximum absolute atomic E-state index is 12.5. The molecule has 2 aromatic rings. The number of benzene rings is 2. The first-order chi connectivity index (χ1) is 12.6. The van der Waals surface area contributed by atoms with E-state index in [1.165, 1.54) is 0 Å². The van der Waals surface area contributed by atoms with E-state index in [-0.39, 0.29) is 11.3 Å². The van der Waals surface area contributed by atoms with Crippen LogP contribution in [0.2, 0.25) is 5.02 Å². The minimum atomic E-state index is -0.569. The Labute approximate surface area is 159 Å². The molecule has 138 valence electrons. The van der Waals surface area contributed by atoms with Crippen LogP contribution in [0, 0.1) is 0 Å². The lowest BCUT2D eigenvalue weighted by Gasteiger charge is -2.38. The molecular weight excluding hydrogens is 348 g/mol. The average Bonchev–Trinajstić information content (AvgIpc) is 2.68. The van der Waals surface area contributed by atoms with Crippen molar-refractivity contribution < 1.29 is 9.53 Å². The zero-order chi connectivity index (χ0) is 18.4. The van der Waals surface area contributed by atoms with Crippen LogP contribution < -0.4 is 11.1 Å². The standard InChI is InChI=1S/C21H25ClN2O2/c22-18-9-5-4-8-17(18)21(10-12-26-13-11-21)15-24-20(25)19(23)14-16-6-2-1-3-7-16/h1-9,19H,10-15,23H2,(H,24,25)/t19-/m0/s1. The Morgan fingerprint density at radius 2 is 1.77 bits per heavy atom. The van der Waals surface area contributed by atoms with Gasteiger partial charge in [-0.3, -0.25) is 4.79 Å². The van der Waals surface area contributed by atoms with E-state index < -0.39 is 6.04 Å². The van der Waals surface area contributed by atoms with Crippen molar-refractivity contribution in [2.24, 2.45) is 5.73 Å². The molecule has 0 unspecified atom stereocenters. The van der Waals surface area contributed by atoms with Crippen LogP contribution in [0.3, 0.4) is 0 Å². The summed E-state index contributed by atoms with van der Waals surface area (Å²) in [6.45, 7) is 1.84. The Balaban J connectivity index is 1.68. The number of halogens is 1. The summed E-state index contributed by atoms with van der Waals surface area (Å²) in [7, 11) is 0. The Bertz CT molecular complexity index is 730.